The van der Waals surface area contributed by atoms with Crippen LogP contribution in [0.4, 0.5) is 0 Å². The van der Waals surface area contributed by atoms with Crippen molar-refractivity contribution in [3.63, 3.8) is 0 Å². The van der Waals surface area contributed by atoms with Gasteiger partial charge in [0.2, 0.25) is 5.91 Å². The second kappa shape index (κ2) is 6.74. The van der Waals surface area contributed by atoms with Gasteiger partial charge in [-0.05, 0) is 69.4 Å². The van der Waals surface area contributed by atoms with Crippen molar-refractivity contribution in [3.05, 3.63) is 34.4 Å². The Morgan fingerprint density at radius 1 is 1.24 bits per heavy atom. The fraction of sp³-hybridized carbons (Fsp3) is 0.529. The van der Waals surface area contributed by atoms with Crippen LogP contribution < -0.4 is 5.73 Å². The molecule has 1 amide bonds. The molecule has 4 heteroatoms. The van der Waals surface area contributed by atoms with Gasteiger partial charge in [-0.15, -0.1) is 0 Å². The molecular formula is C17H25NO3. The number of carbonyl (C=O) groups is 2. The molecule has 0 atom stereocenters. The molecule has 0 fully saturated rings. The van der Waals surface area contributed by atoms with Gasteiger partial charge >= 0.3 is 5.97 Å². The first-order chi connectivity index (χ1) is 9.64. The lowest BCUT2D eigenvalue weighted by Gasteiger charge is -2.20. The standard InChI is InChI=1S/C17H25NO3/c1-6-12-10-13(16(18)20)9-11(2)14(12)7-8-15(19)21-17(3,4)5/h9-10H,6-8H2,1-5H3,(H2,18,20). The highest BCUT2D eigenvalue weighted by molar-refractivity contribution is 5.93. The van der Waals surface area contributed by atoms with Crippen molar-refractivity contribution >= 4 is 11.9 Å². The topological polar surface area (TPSA) is 69.4 Å². The van der Waals surface area contributed by atoms with E-state index in [1.54, 1.807) is 6.07 Å². The normalized spacial score (nSPS) is 11.3. The van der Waals surface area contributed by atoms with Crippen LogP contribution in [0.25, 0.3) is 0 Å². The van der Waals surface area contributed by atoms with Crippen LogP contribution in [0.5, 0.6) is 0 Å². The van der Waals surface area contributed by atoms with E-state index >= 15 is 0 Å². The fourth-order valence-corrected chi connectivity index (χ4v) is 2.33. The first-order valence-corrected chi connectivity index (χ1v) is 7.28. The van der Waals surface area contributed by atoms with Gasteiger partial charge in [0.1, 0.15) is 5.60 Å². The predicted octanol–water partition coefficient (Wildman–Crippen LogP) is 2.93. The summed E-state index contributed by atoms with van der Waals surface area (Å²) in [5.41, 5.74) is 8.55. The number of nitrogens with two attached hydrogens (primary N) is 1. The number of carbonyl (C=O) groups excluding carboxylic acids is 2. The van der Waals surface area contributed by atoms with Crippen molar-refractivity contribution in [3.8, 4) is 0 Å². The average molecular weight is 291 g/mol. The third-order valence-electron chi connectivity index (χ3n) is 3.23. The second-order valence-corrected chi connectivity index (χ2v) is 6.24. The summed E-state index contributed by atoms with van der Waals surface area (Å²) in [6, 6.07) is 3.60. The Morgan fingerprint density at radius 3 is 2.33 bits per heavy atom. The molecule has 0 saturated carbocycles. The Morgan fingerprint density at radius 2 is 1.86 bits per heavy atom. The second-order valence-electron chi connectivity index (χ2n) is 6.24. The number of ether oxygens (including phenoxy) is 1. The van der Waals surface area contributed by atoms with Gasteiger partial charge in [-0.3, -0.25) is 9.59 Å². The first kappa shape index (κ1) is 17.2. The van der Waals surface area contributed by atoms with E-state index in [4.69, 9.17) is 10.5 Å². The van der Waals surface area contributed by atoms with E-state index in [1.807, 2.05) is 40.7 Å². The number of benzene rings is 1. The molecule has 0 aliphatic rings. The van der Waals surface area contributed by atoms with Crippen LogP contribution in [-0.2, 0) is 22.4 Å². The third-order valence-corrected chi connectivity index (χ3v) is 3.23. The van der Waals surface area contributed by atoms with Crippen LogP contribution in [0.15, 0.2) is 12.1 Å². The molecule has 116 valence electrons. The van der Waals surface area contributed by atoms with E-state index in [2.05, 4.69) is 0 Å². The minimum Gasteiger partial charge on any atom is -0.460 e. The molecule has 0 bridgehead atoms. The van der Waals surface area contributed by atoms with Crippen molar-refractivity contribution in [1.82, 2.24) is 0 Å². The van der Waals surface area contributed by atoms with Crippen molar-refractivity contribution < 1.29 is 14.3 Å². The quantitative estimate of drug-likeness (QED) is 0.848. The van der Waals surface area contributed by atoms with E-state index < -0.39 is 11.5 Å². The summed E-state index contributed by atoms with van der Waals surface area (Å²) in [7, 11) is 0. The van der Waals surface area contributed by atoms with E-state index in [9.17, 15) is 9.59 Å². The van der Waals surface area contributed by atoms with Crippen LogP contribution >= 0.6 is 0 Å². The van der Waals surface area contributed by atoms with Crippen LogP contribution in [0.2, 0.25) is 0 Å². The number of rotatable bonds is 5. The van der Waals surface area contributed by atoms with Gasteiger partial charge in [0.15, 0.2) is 0 Å². The maximum absolute atomic E-state index is 11.8. The Bertz CT molecular complexity index is 542. The minimum atomic E-state index is -0.463. The van der Waals surface area contributed by atoms with Gasteiger partial charge in [0.25, 0.3) is 0 Å². The molecule has 1 aromatic carbocycles. The zero-order valence-electron chi connectivity index (χ0n) is 13.6. The lowest BCUT2D eigenvalue weighted by atomic mass is 9.93. The van der Waals surface area contributed by atoms with E-state index in [1.165, 1.54) is 0 Å². The molecular weight excluding hydrogens is 266 g/mol. The first-order valence-electron chi connectivity index (χ1n) is 7.28. The molecule has 0 aliphatic heterocycles. The Hall–Kier alpha value is -1.84. The Labute approximate surface area is 126 Å². The minimum absolute atomic E-state index is 0.206. The van der Waals surface area contributed by atoms with E-state index in [0.29, 0.717) is 18.4 Å². The van der Waals surface area contributed by atoms with Crippen LogP contribution in [0.3, 0.4) is 0 Å². The molecule has 2 N–H and O–H groups in total. The third kappa shape index (κ3) is 5.21. The highest BCUT2D eigenvalue weighted by Gasteiger charge is 2.17. The number of amides is 1. The Balaban J connectivity index is 2.89. The van der Waals surface area contributed by atoms with Gasteiger partial charge < -0.3 is 10.5 Å². The monoisotopic (exact) mass is 291 g/mol. The molecule has 21 heavy (non-hydrogen) atoms. The fourth-order valence-electron chi connectivity index (χ4n) is 2.33. The smallest absolute Gasteiger partial charge is 0.306 e. The summed E-state index contributed by atoms with van der Waals surface area (Å²) in [5.74, 6) is -0.630. The van der Waals surface area contributed by atoms with Crippen molar-refractivity contribution in [2.24, 2.45) is 5.73 Å². The summed E-state index contributed by atoms with van der Waals surface area (Å²) in [5, 5.41) is 0. The zero-order valence-corrected chi connectivity index (χ0v) is 13.6. The van der Waals surface area contributed by atoms with Gasteiger partial charge in [-0.2, -0.15) is 0 Å². The number of primary amides is 1. The number of esters is 1. The van der Waals surface area contributed by atoms with Gasteiger partial charge in [0.05, 0.1) is 0 Å². The predicted molar refractivity (Wildman–Crippen MR) is 83.2 cm³/mol. The number of aryl methyl sites for hydroxylation is 2. The molecule has 0 heterocycles. The van der Waals surface area contributed by atoms with E-state index in [-0.39, 0.29) is 5.97 Å². The lowest BCUT2D eigenvalue weighted by molar-refractivity contribution is -0.154. The number of hydrogen-bond donors (Lipinski definition) is 1. The maximum atomic E-state index is 11.8. The van der Waals surface area contributed by atoms with Gasteiger partial charge in [0, 0.05) is 12.0 Å². The molecule has 4 nitrogen and oxygen atoms in total. The Kier molecular flexibility index (Phi) is 5.53. The zero-order chi connectivity index (χ0) is 16.2. The molecule has 0 unspecified atom stereocenters. The summed E-state index contributed by atoms with van der Waals surface area (Å²) < 4.78 is 5.32. The van der Waals surface area contributed by atoms with Crippen LogP contribution in [-0.4, -0.2) is 17.5 Å². The summed E-state index contributed by atoms with van der Waals surface area (Å²) in [4.78, 5) is 23.1. The molecule has 0 radical (unpaired) electrons. The highest BCUT2D eigenvalue weighted by Crippen LogP contribution is 2.20. The van der Waals surface area contributed by atoms with Gasteiger partial charge in [-0.1, -0.05) is 6.92 Å². The largest absolute Gasteiger partial charge is 0.460 e. The lowest BCUT2D eigenvalue weighted by Crippen LogP contribution is -2.24. The number of hydrogen-bond acceptors (Lipinski definition) is 3. The van der Waals surface area contributed by atoms with E-state index in [0.717, 1.165) is 23.1 Å². The van der Waals surface area contributed by atoms with Gasteiger partial charge in [-0.25, -0.2) is 0 Å². The molecule has 0 aliphatic carbocycles. The maximum Gasteiger partial charge on any atom is 0.306 e. The van der Waals surface area contributed by atoms with Crippen molar-refractivity contribution in [2.45, 2.75) is 59.5 Å². The summed E-state index contributed by atoms with van der Waals surface area (Å²) in [6.45, 7) is 9.53. The molecule has 0 saturated heterocycles. The highest BCUT2D eigenvalue weighted by atomic mass is 16.6. The SMILES string of the molecule is CCc1cc(C(N)=O)cc(C)c1CCC(=O)OC(C)(C)C. The molecule has 0 spiro atoms. The van der Waals surface area contributed by atoms with Crippen LogP contribution in [0, 0.1) is 6.92 Å². The van der Waals surface area contributed by atoms with Crippen molar-refractivity contribution in [2.75, 3.05) is 0 Å². The molecule has 0 aromatic heterocycles. The summed E-state index contributed by atoms with van der Waals surface area (Å²) in [6.07, 6.45) is 1.75. The molecule has 1 rings (SSSR count). The van der Waals surface area contributed by atoms with Crippen molar-refractivity contribution in [1.29, 1.82) is 0 Å². The summed E-state index contributed by atoms with van der Waals surface area (Å²) >= 11 is 0. The molecule has 1 aromatic rings. The van der Waals surface area contributed by atoms with Crippen LogP contribution in [0.1, 0.15) is 61.2 Å². The average Bonchev–Trinajstić information content (AvgIpc) is 2.34.